The summed E-state index contributed by atoms with van der Waals surface area (Å²) >= 11 is 1.76. The highest BCUT2D eigenvalue weighted by atomic mass is 32.1. The normalized spacial score (nSPS) is 11.0. The molecule has 0 spiro atoms. The quantitative estimate of drug-likeness (QED) is 0.917. The van der Waals surface area contributed by atoms with Gasteiger partial charge in [-0.3, -0.25) is 0 Å². The monoisotopic (exact) mass is 274 g/mol. The van der Waals surface area contributed by atoms with Crippen molar-refractivity contribution >= 4 is 11.3 Å². The molecule has 0 saturated heterocycles. The van der Waals surface area contributed by atoms with E-state index in [1.807, 2.05) is 7.05 Å². The minimum atomic E-state index is 0.984. The molecular formula is C16H22N2S. The molecule has 0 atom stereocenters. The van der Waals surface area contributed by atoms with Gasteiger partial charge in [-0.1, -0.05) is 6.07 Å². The lowest BCUT2D eigenvalue weighted by Crippen LogP contribution is -2.10. The molecule has 0 fully saturated rings. The SMILES string of the molecule is CNCCc1nc(-c2c(C)c(C)cc(C)c2C)cs1. The van der Waals surface area contributed by atoms with Crippen LogP contribution in [0.3, 0.4) is 0 Å². The van der Waals surface area contributed by atoms with Gasteiger partial charge in [-0.2, -0.15) is 0 Å². The first-order chi connectivity index (χ1) is 9.04. The molecule has 0 bridgehead atoms. The van der Waals surface area contributed by atoms with Crippen LogP contribution in [0.2, 0.25) is 0 Å². The van der Waals surface area contributed by atoms with Crippen molar-refractivity contribution in [1.82, 2.24) is 10.3 Å². The second-order valence-corrected chi connectivity index (χ2v) is 6.06. The average molecular weight is 274 g/mol. The van der Waals surface area contributed by atoms with E-state index in [-0.39, 0.29) is 0 Å². The summed E-state index contributed by atoms with van der Waals surface area (Å²) in [6.07, 6.45) is 1.00. The molecule has 0 saturated carbocycles. The third-order valence-electron chi connectivity index (χ3n) is 3.76. The van der Waals surface area contributed by atoms with Crippen molar-refractivity contribution in [2.75, 3.05) is 13.6 Å². The van der Waals surface area contributed by atoms with Crippen LogP contribution in [0.5, 0.6) is 0 Å². The number of rotatable bonds is 4. The van der Waals surface area contributed by atoms with E-state index < -0.39 is 0 Å². The highest BCUT2D eigenvalue weighted by Crippen LogP contribution is 2.32. The lowest BCUT2D eigenvalue weighted by molar-refractivity contribution is 0.788. The predicted octanol–water partition coefficient (Wildman–Crippen LogP) is 3.81. The molecule has 2 aromatic rings. The molecule has 0 amide bonds. The maximum Gasteiger partial charge on any atom is 0.0945 e. The van der Waals surface area contributed by atoms with Crippen LogP contribution in [-0.2, 0) is 6.42 Å². The largest absolute Gasteiger partial charge is 0.319 e. The van der Waals surface area contributed by atoms with Gasteiger partial charge in [0.05, 0.1) is 10.7 Å². The Morgan fingerprint density at radius 3 is 2.32 bits per heavy atom. The first kappa shape index (κ1) is 14.2. The van der Waals surface area contributed by atoms with E-state index >= 15 is 0 Å². The number of hydrogen-bond acceptors (Lipinski definition) is 3. The molecule has 1 aromatic heterocycles. The van der Waals surface area contributed by atoms with Gasteiger partial charge < -0.3 is 5.32 Å². The Labute approximate surface area is 119 Å². The number of aromatic nitrogens is 1. The van der Waals surface area contributed by atoms with E-state index in [0.29, 0.717) is 0 Å². The van der Waals surface area contributed by atoms with Crippen molar-refractivity contribution < 1.29 is 0 Å². The number of nitrogens with one attached hydrogen (secondary N) is 1. The zero-order valence-electron chi connectivity index (χ0n) is 12.4. The van der Waals surface area contributed by atoms with Crippen LogP contribution >= 0.6 is 11.3 Å². The summed E-state index contributed by atoms with van der Waals surface area (Å²) in [5.41, 5.74) is 7.87. The molecule has 1 aromatic carbocycles. The van der Waals surface area contributed by atoms with Crippen LogP contribution in [0.4, 0.5) is 0 Å². The summed E-state index contributed by atoms with van der Waals surface area (Å²) in [6.45, 7) is 9.74. The van der Waals surface area contributed by atoms with Crippen LogP contribution in [0.1, 0.15) is 27.3 Å². The van der Waals surface area contributed by atoms with Gasteiger partial charge in [0.15, 0.2) is 0 Å². The van der Waals surface area contributed by atoms with E-state index in [9.17, 15) is 0 Å². The summed E-state index contributed by atoms with van der Waals surface area (Å²) in [4.78, 5) is 4.80. The fraction of sp³-hybridized carbons (Fsp3) is 0.438. The van der Waals surface area contributed by atoms with Crippen molar-refractivity contribution in [2.24, 2.45) is 0 Å². The average Bonchev–Trinajstić information content (AvgIpc) is 2.83. The number of benzene rings is 1. The summed E-state index contributed by atoms with van der Waals surface area (Å²) < 4.78 is 0. The molecular weight excluding hydrogens is 252 g/mol. The van der Waals surface area contributed by atoms with E-state index in [4.69, 9.17) is 4.98 Å². The van der Waals surface area contributed by atoms with Gasteiger partial charge in [0, 0.05) is 23.9 Å². The van der Waals surface area contributed by atoms with Crippen molar-refractivity contribution in [3.05, 3.63) is 38.7 Å². The highest BCUT2D eigenvalue weighted by molar-refractivity contribution is 7.09. The summed E-state index contributed by atoms with van der Waals surface area (Å²) in [5, 5.41) is 6.58. The van der Waals surface area contributed by atoms with E-state index in [2.05, 4.69) is 44.5 Å². The molecule has 0 unspecified atom stereocenters. The smallest absolute Gasteiger partial charge is 0.0945 e. The van der Waals surface area contributed by atoms with Crippen molar-refractivity contribution in [3.63, 3.8) is 0 Å². The van der Waals surface area contributed by atoms with Crippen molar-refractivity contribution in [2.45, 2.75) is 34.1 Å². The van der Waals surface area contributed by atoms with Crippen molar-refractivity contribution in [1.29, 1.82) is 0 Å². The van der Waals surface area contributed by atoms with E-state index in [1.165, 1.54) is 32.8 Å². The molecule has 2 nitrogen and oxygen atoms in total. The summed E-state index contributed by atoms with van der Waals surface area (Å²) in [7, 11) is 1.98. The van der Waals surface area contributed by atoms with Gasteiger partial charge in [0.25, 0.3) is 0 Å². The lowest BCUT2D eigenvalue weighted by atomic mass is 9.93. The van der Waals surface area contributed by atoms with Gasteiger partial charge in [-0.25, -0.2) is 4.98 Å². The van der Waals surface area contributed by atoms with Crippen LogP contribution < -0.4 is 5.32 Å². The Morgan fingerprint density at radius 1 is 1.11 bits per heavy atom. The Hall–Kier alpha value is -1.19. The molecule has 0 aliphatic rings. The van der Waals surface area contributed by atoms with Crippen molar-refractivity contribution in [3.8, 4) is 11.3 Å². The number of thiazole rings is 1. The standard InChI is InChI=1S/C16H22N2S/c1-10-8-11(2)13(4)16(12(10)3)14-9-19-15(18-14)6-7-17-5/h8-9,17H,6-7H2,1-5H3. The molecule has 102 valence electrons. The second kappa shape index (κ2) is 5.85. The van der Waals surface area contributed by atoms with E-state index in [0.717, 1.165) is 18.7 Å². The molecule has 2 rings (SSSR count). The number of aryl methyl sites for hydroxylation is 2. The number of likely N-dealkylation sites (N-methyl/N-ethyl adjacent to an activating group) is 1. The van der Waals surface area contributed by atoms with E-state index in [1.54, 1.807) is 11.3 Å². The van der Waals surface area contributed by atoms with Crippen LogP contribution in [0, 0.1) is 27.7 Å². The van der Waals surface area contributed by atoms with Crippen LogP contribution in [0.25, 0.3) is 11.3 Å². The number of nitrogens with zero attached hydrogens (tertiary/aromatic N) is 1. The van der Waals surface area contributed by atoms with Gasteiger partial charge in [0.1, 0.15) is 0 Å². The number of hydrogen-bond donors (Lipinski definition) is 1. The first-order valence-electron chi connectivity index (χ1n) is 6.71. The Kier molecular flexibility index (Phi) is 4.38. The fourth-order valence-electron chi connectivity index (χ4n) is 2.37. The van der Waals surface area contributed by atoms with Crippen LogP contribution in [-0.4, -0.2) is 18.6 Å². The first-order valence-corrected chi connectivity index (χ1v) is 7.59. The Balaban J connectivity index is 2.44. The third-order valence-corrected chi connectivity index (χ3v) is 4.67. The molecule has 1 N–H and O–H groups in total. The Bertz CT molecular complexity index is 558. The molecule has 0 aliphatic heterocycles. The zero-order valence-corrected chi connectivity index (χ0v) is 13.2. The second-order valence-electron chi connectivity index (χ2n) is 5.12. The zero-order chi connectivity index (χ0) is 14.0. The fourth-order valence-corrected chi connectivity index (χ4v) is 3.16. The molecule has 1 heterocycles. The minimum absolute atomic E-state index is 0.984. The minimum Gasteiger partial charge on any atom is -0.319 e. The maximum atomic E-state index is 4.80. The predicted molar refractivity (Wildman–Crippen MR) is 84.1 cm³/mol. The third kappa shape index (κ3) is 2.88. The van der Waals surface area contributed by atoms with Gasteiger partial charge in [-0.15, -0.1) is 11.3 Å². The molecule has 0 aliphatic carbocycles. The topological polar surface area (TPSA) is 24.9 Å². The maximum absolute atomic E-state index is 4.80. The van der Waals surface area contributed by atoms with Crippen LogP contribution in [0.15, 0.2) is 11.4 Å². The molecule has 3 heteroatoms. The summed E-state index contributed by atoms with van der Waals surface area (Å²) in [6, 6.07) is 2.27. The molecule has 0 radical (unpaired) electrons. The van der Waals surface area contributed by atoms with Gasteiger partial charge in [-0.05, 0) is 57.0 Å². The lowest BCUT2D eigenvalue weighted by Gasteiger charge is -2.13. The van der Waals surface area contributed by atoms with Gasteiger partial charge in [0.2, 0.25) is 0 Å². The Morgan fingerprint density at radius 2 is 1.74 bits per heavy atom. The highest BCUT2D eigenvalue weighted by Gasteiger charge is 2.13. The summed E-state index contributed by atoms with van der Waals surface area (Å²) in [5.74, 6) is 0. The van der Waals surface area contributed by atoms with Gasteiger partial charge >= 0.3 is 0 Å². The molecule has 19 heavy (non-hydrogen) atoms.